The van der Waals surface area contributed by atoms with E-state index in [0.29, 0.717) is 0 Å². The average molecular weight is 537 g/mol. The molecule has 0 fully saturated rings. The van der Waals surface area contributed by atoms with Gasteiger partial charge in [0.15, 0.2) is 0 Å². The second-order valence-electron chi connectivity index (χ2n) is 12.1. The quantitative estimate of drug-likeness (QED) is 0.189. The van der Waals surface area contributed by atoms with Crippen molar-refractivity contribution in [2.24, 2.45) is 5.41 Å². The molecule has 2 aliphatic rings. The first-order valence-electron chi connectivity index (χ1n) is 16.0. The van der Waals surface area contributed by atoms with Crippen molar-refractivity contribution in [3.8, 4) is 22.3 Å². The molecule has 0 spiro atoms. The Kier molecular flexibility index (Phi) is 7.85. The molecule has 0 N–H and O–H groups in total. The second kappa shape index (κ2) is 11.7. The molecule has 2 aliphatic carbocycles. The van der Waals surface area contributed by atoms with Crippen LogP contribution in [0.15, 0.2) is 96.1 Å². The van der Waals surface area contributed by atoms with Crippen molar-refractivity contribution >= 4 is 12.2 Å². The van der Waals surface area contributed by atoms with Gasteiger partial charge in [0.2, 0.25) is 0 Å². The summed E-state index contributed by atoms with van der Waals surface area (Å²) in [7, 11) is 0. The van der Waals surface area contributed by atoms with Crippen molar-refractivity contribution in [3.05, 3.63) is 129 Å². The molecule has 0 saturated heterocycles. The predicted molar refractivity (Wildman–Crippen MR) is 178 cm³/mol. The van der Waals surface area contributed by atoms with E-state index in [0.717, 1.165) is 25.7 Å². The van der Waals surface area contributed by atoms with Crippen LogP contribution in [0.2, 0.25) is 0 Å². The van der Waals surface area contributed by atoms with Crippen LogP contribution in [0.1, 0.15) is 86.8 Å². The third-order valence-electron chi connectivity index (χ3n) is 9.75. The highest BCUT2D eigenvalue weighted by Gasteiger charge is 2.40. The highest BCUT2D eigenvalue weighted by Crippen LogP contribution is 2.54. The zero-order valence-corrected chi connectivity index (χ0v) is 25.4. The third-order valence-corrected chi connectivity index (χ3v) is 9.75. The molecule has 0 saturated carbocycles. The summed E-state index contributed by atoms with van der Waals surface area (Å²) in [4.78, 5) is 0. The molecule has 0 amide bonds. The Bertz CT molecular complexity index is 1500. The number of hydrogen-bond donors (Lipinski definition) is 0. The summed E-state index contributed by atoms with van der Waals surface area (Å²) in [5, 5.41) is 0. The maximum Gasteiger partial charge on any atom is 0.0134 e. The lowest BCUT2D eigenvalue weighted by Crippen LogP contribution is -2.26. The van der Waals surface area contributed by atoms with E-state index in [1.54, 1.807) is 11.1 Å². The largest absolute Gasteiger partial charge is 0.0653 e. The number of rotatable bonds is 10. The Hall–Kier alpha value is -3.64. The normalized spacial score (nSPS) is 14.0. The summed E-state index contributed by atoms with van der Waals surface area (Å²) in [6, 6.07) is 32.0. The molecule has 0 radical (unpaired) electrons. The van der Waals surface area contributed by atoms with Crippen LogP contribution in [-0.4, -0.2) is 0 Å². The van der Waals surface area contributed by atoms with Crippen LogP contribution in [0, 0.1) is 5.41 Å². The topological polar surface area (TPSA) is 0 Å². The van der Waals surface area contributed by atoms with E-state index in [1.807, 2.05) is 0 Å². The van der Waals surface area contributed by atoms with E-state index >= 15 is 0 Å². The fourth-order valence-corrected chi connectivity index (χ4v) is 7.83. The Morgan fingerprint density at radius 1 is 0.488 bits per heavy atom. The minimum Gasteiger partial charge on any atom is -0.0653 e. The number of fused-ring (bicyclic) bond motifs is 2. The zero-order chi connectivity index (χ0) is 28.4. The average Bonchev–Trinajstić information content (AvgIpc) is 3.66. The van der Waals surface area contributed by atoms with Crippen LogP contribution in [0.4, 0.5) is 0 Å². The molecule has 0 heteroatoms. The Labute approximate surface area is 247 Å². The maximum atomic E-state index is 2.61. The SMILES string of the molecule is CCCC(CCC)(C1=Cc2c(cccc2-c2ccccc2CC)C1)C1=Cc2c(cccc2-c2ccccc2CC)C1. The summed E-state index contributed by atoms with van der Waals surface area (Å²) in [5.74, 6) is 0. The molecule has 6 rings (SSSR count). The van der Waals surface area contributed by atoms with E-state index in [4.69, 9.17) is 0 Å². The van der Waals surface area contributed by atoms with Crippen LogP contribution < -0.4 is 0 Å². The summed E-state index contributed by atoms with van der Waals surface area (Å²) < 4.78 is 0. The lowest BCUT2D eigenvalue weighted by Gasteiger charge is -2.37. The molecule has 0 aromatic heterocycles. The van der Waals surface area contributed by atoms with Crippen molar-refractivity contribution < 1.29 is 0 Å². The number of allylic oxidation sites excluding steroid dienone is 2. The van der Waals surface area contributed by atoms with E-state index < -0.39 is 0 Å². The lowest BCUT2D eigenvalue weighted by molar-refractivity contribution is 0.349. The van der Waals surface area contributed by atoms with Gasteiger partial charge in [0.05, 0.1) is 0 Å². The number of hydrogen-bond acceptors (Lipinski definition) is 0. The van der Waals surface area contributed by atoms with E-state index in [-0.39, 0.29) is 5.41 Å². The molecular formula is C41H44. The highest BCUT2D eigenvalue weighted by atomic mass is 14.4. The van der Waals surface area contributed by atoms with Gasteiger partial charge in [0.1, 0.15) is 0 Å². The van der Waals surface area contributed by atoms with Crippen molar-refractivity contribution in [3.63, 3.8) is 0 Å². The highest BCUT2D eigenvalue weighted by molar-refractivity contribution is 5.85. The molecule has 0 aliphatic heterocycles. The molecule has 208 valence electrons. The lowest BCUT2D eigenvalue weighted by atomic mass is 9.66. The van der Waals surface area contributed by atoms with Crippen LogP contribution in [0.25, 0.3) is 34.4 Å². The zero-order valence-electron chi connectivity index (χ0n) is 25.4. The molecular weight excluding hydrogens is 492 g/mol. The van der Waals surface area contributed by atoms with E-state index in [1.165, 1.54) is 81.3 Å². The van der Waals surface area contributed by atoms with Crippen LogP contribution in [0.5, 0.6) is 0 Å². The standard InChI is InChI=1S/C41H44/c1-5-23-41(24-6-2,33-25-31-17-13-21-37(39(31)27-33)35-19-11-9-15-29(35)7-3)34-26-32-18-14-22-38(40(32)28-34)36-20-12-10-16-30(36)8-4/h9-22,27-28H,5-8,23-26H2,1-4H3. The summed E-state index contributed by atoms with van der Waals surface area (Å²) in [6.07, 6.45) is 14.3. The summed E-state index contributed by atoms with van der Waals surface area (Å²) >= 11 is 0. The first kappa shape index (κ1) is 27.5. The molecule has 4 aromatic rings. The van der Waals surface area contributed by atoms with E-state index in [9.17, 15) is 0 Å². The van der Waals surface area contributed by atoms with Crippen LogP contribution in [-0.2, 0) is 25.7 Å². The van der Waals surface area contributed by atoms with Crippen LogP contribution >= 0.6 is 0 Å². The van der Waals surface area contributed by atoms with Crippen LogP contribution in [0.3, 0.4) is 0 Å². The van der Waals surface area contributed by atoms with Gasteiger partial charge in [-0.15, -0.1) is 0 Å². The van der Waals surface area contributed by atoms with Gasteiger partial charge in [-0.05, 0) is 94.2 Å². The fourth-order valence-electron chi connectivity index (χ4n) is 7.83. The van der Waals surface area contributed by atoms with Gasteiger partial charge in [-0.25, -0.2) is 0 Å². The van der Waals surface area contributed by atoms with Crippen molar-refractivity contribution in [2.75, 3.05) is 0 Å². The first-order chi connectivity index (χ1) is 20.1. The van der Waals surface area contributed by atoms with Gasteiger partial charge in [0, 0.05) is 5.41 Å². The van der Waals surface area contributed by atoms with E-state index in [2.05, 4.69) is 125 Å². The predicted octanol–water partition coefficient (Wildman–Crippen LogP) is 11.3. The smallest absolute Gasteiger partial charge is 0.0134 e. The second-order valence-corrected chi connectivity index (χ2v) is 12.1. The Balaban J connectivity index is 1.48. The molecule has 0 nitrogen and oxygen atoms in total. The number of benzene rings is 4. The van der Waals surface area contributed by atoms with Gasteiger partial charge in [-0.3, -0.25) is 0 Å². The molecule has 0 bridgehead atoms. The number of aryl methyl sites for hydroxylation is 2. The van der Waals surface area contributed by atoms with Crippen molar-refractivity contribution in [2.45, 2.75) is 79.1 Å². The Morgan fingerprint density at radius 3 is 1.32 bits per heavy atom. The van der Waals surface area contributed by atoms with Gasteiger partial charge >= 0.3 is 0 Å². The molecule has 0 atom stereocenters. The first-order valence-corrected chi connectivity index (χ1v) is 16.0. The summed E-state index contributed by atoms with van der Waals surface area (Å²) in [5.41, 5.74) is 17.7. The molecule has 4 aromatic carbocycles. The maximum absolute atomic E-state index is 2.61. The minimum absolute atomic E-state index is 0.102. The monoisotopic (exact) mass is 536 g/mol. The third kappa shape index (κ3) is 4.82. The van der Waals surface area contributed by atoms with Gasteiger partial charge in [-0.2, -0.15) is 0 Å². The van der Waals surface area contributed by atoms with Gasteiger partial charge in [0.25, 0.3) is 0 Å². The minimum atomic E-state index is 0.102. The summed E-state index contributed by atoms with van der Waals surface area (Å²) in [6.45, 7) is 9.30. The van der Waals surface area contributed by atoms with Gasteiger partial charge in [-0.1, -0.05) is 149 Å². The van der Waals surface area contributed by atoms with Crippen molar-refractivity contribution in [1.29, 1.82) is 0 Å². The van der Waals surface area contributed by atoms with Gasteiger partial charge < -0.3 is 0 Å². The van der Waals surface area contributed by atoms with Crippen molar-refractivity contribution in [1.82, 2.24) is 0 Å². The molecule has 0 heterocycles. The Morgan fingerprint density at radius 2 is 0.902 bits per heavy atom. The fraction of sp³-hybridized carbons (Fsp3) is 0.317. The molecule has 41 heavy (non-hydrogen) atoms. The molecule has 0 unspecified atom stereocenters.